The molecule has 1 aliphatic rings. The molecule has 0 radical (unpaired) electrons. The maximum atomic E-state index is 12.3. The quantitative estimate of drug-likeness (QED) is 0.760. The van der Waals surface area contributed by atoms with Crippen LogP contribution in [0.2, 0.25) is 0 Å². The molecule has 1 heterocycles. The van der Waals surface area contributed by atoms with Crippen molar-refractivity contribution in [3.63, 3.8) is 0 Å². The van der Waals surface area contributed by atoms with E-state index in [1.54, 1.807) is 11.0 Å². The summed E-state index contributed by atoms with van der Waals surface area (Å²) >= 11 is 6.71. The fourth-order valence-corrected chi connectivity index (χ4v) is 2.52. The molecule has 2 rings (SSSR count). The Morgan fingerprint density at radius 3 is 3.00 bits per heavy atom. The number of halogens is 2. The van der Waals surface area contributed by atoms with Gasteiger partial charge in [-0.05, 0) is 34.1 Å². The molecule has 0 aliphatic carbocycles. The van der Waals surface area contributed by atoms with Crippen LogP contribution in [-0.2, 0) is 4.74 Å². The highest BCUT2D eigenvalue weighted by Gasteiger charge is 2.25. The highest BCUT2D eigenvalue weighted by atomic mass is 79.9. The van der Waals surface area contributed by atoms with Gasteiger partial charge >= 0.3 is 0 Å². The van der Waals surface area contributed by atoms with E-state index in [0.29, 0.717) is 25.3 Å². The molecule has 1 amide bonds. The molecule has 1 aromatic rings. The molecule has 6 heteroatoms. The number of hydrogen-bond donors (Lipinski definition) is 0. The second kappa shape index (κ2) is 5.83. The van der Waals surface area contributed by atoms with Gasteiger partial charge in [0, 0.05) is 15.5 Å². The number of benzene rings is 1. The Morgan fingerprint density at radius 2 is 2.28 bits per heavy atom. The normalized spacial score (nSPS) is 19.4. The number of rotatable bonds is 1. The van der Waals surface area contributed by atoms with Crippen LogP contribution in [0.25, 0.3) is 0 Å². The van der Waals surface area contributed by atoms with E-state index in [9.17, 15) is 4.79 Å². The Labute approximate surface area is 122 Å². The Kier molecular flexibility index (Phi) is 4.38. The van der Waals surface area contributed by atoms with Crippen molar-refractivity contribution >= 4 is 37.8 Å². The summed E-state index contributed by atoms with van der Waals surface area (Å²) in [5, 5.41) is 8.83. The molecule has 18 heavy (non-hydrogen) atoms. The maximum Gasteiger partial charge on any atom is 0.255 e. The van der Waals surface area contributed by atoms with Crippen molar-refractivity contribution in [3.05, 3.63) is 32.7 Å². The summed E-state index contributed by atoms with van der Waals surface area (Å²) in [7, 11) is 0. The third kappa shape index (κ3) is 2.91. The molecule has 0 spiro atoms. The first kappa shape index (κ1) is 13.5. The molecule has 4 nitrogen and oxygen atoms in total. The molecule has 94 valence electrons. The van der Waals surface area contributed by atoms with Gasteiger partial charge in [-0.25, -0.2) is 0 Å². The van der Waals surface area contributed by atoms with E-state index in [0.717, 1.165) is 8.95 Å². The monoisotopic (exact) mass is 372 g/mol. The Hall–Kier alpha value is -0.900. The zero-order valence-electron chi connectivity index (χ0n) is 9.40. The lowest BCUT2D eigenvalue weighted by atomic mass is 10.2. The average molecular weight is 374 g/mol. The summed E-state index contributed by atoms with van der Waals surface area (Å²) in [5.74, 6) is -0.0910. The van der Waals surface area contributed by atoms with E-state index in [1.807, 2.05) is 18.2 Å². The first-order valence-corrected chi connectivity index (χ1v) is 6.96. The summed E-state index contributed by atoms with van der Waals surface area (Å²) in [6, 6.07) is 7.47. The molecule has 0 aromatic heterocycles. The van der Waals surface area contributed by atoms with Gasteiger partial charge in [0.15, 0.2) is 6.10 Å². The Morgan fingerprint density at radius 1 is 1.50 bits per heavy atom. The molecule has 0 saturated carbocycles. The van der Waals surface area contributed by atoms with Crippen LogP contribution in [0, 0.1) is 11.3 Å². The summed E-state index contributed by atoms with van der Waals surface area (Å²) < 4.78 is 6.81. The Balaban J connectivity index is 2.21. The van der Waals surface area contributed by atoms with Gasteiger partial charge in [0.1, 0.15) is 0 Å². The van der Waals surface area contributed by atoms with E-state index in [-0.39, 0.29) is 5.91 Å². The summed E-state index contributed by atoms with van der Waals surface area (Å²) in [5.41, 5.74) is 0.586. The predicted octanol–water partition coefficient (Wildman–Crippen LogP) is 2.58. The number of amides is 1. The second-order valence-corrected chi connectivity index (χ2v) is 5.63. The molecule has 1 saturated heterocycles. The number of hydrogen-bond acceptors (Lipinski definition) is 3. The number of ether oxygens (including phenoxy) is 1. The number of carbonyl (C=O) groups excluding carboxylic acids is 1. The highest BCUT2D eigenvalue weighted by Crippen LogP contribution is 2.23. The average Bonchev–Trinajstić information content (AvgIpc) is 2.41. The number of carbonyl (C=O) groups is 1. The number of nitriles is 1. The molecular weight excluding hydrogens is 364 g/mol. The molecular formula is C12H10Br2N2O2. The van der Waals surface area contributed by atoms with Gasteiger partial charge in [-0.2, -0.15) is 5.26 Å². The van der Waals surface area contributed by atoms with Crippen LogP contribution in [0.3, 0.4) is 0 Å². The lowest BCUT2D eigenvalue weighted by Crippen LogP contribution is -2.45. The van der Waals surface area contributed by atoms with Crippen LogP contribution in [0.1, 0.15) is 10.4 Å². The van der Waals surface area contributed by atoms with E-state index in [1.165, 1.54) is 0 Å². The molecule has 0 N–H and O–H groups in total. The van der Waals surface area contributed by atoms with E-state index < -0.39 is 6.10 Å². The van der Waals surface area contributed by atoms with Crippen molar-refractivity contribution in [2.75, 3.05) is 19.7 Å². The Bertz CT molecular complexity index is 513. The van der Waals surface area contributed by atoms with Crippen molar-refractivity contribution in [1.29, 1.82) is 5.26 Å². The molecule has 1 atom stereocenters. The van der Waals surface area contributed by atoms with Crippen molar-refractivity contribution < 1.29 is 9.53 Å². The SMILES string of the molecule is N#CC1CN(C(=O)c2cc(Br)ccc2Br)CCO1. The van der Waals surface area contributed by atoms with Gasteiger partial charge in [-0.1, -0.05) is 15.9 Å². The third-order valence-electron chi connectivity index (χ3n) is 2.66. The topological polar surface area (TPSA) is 53.3 Å². The summed E-state index contributed by atoms with van der Waals surface area (Å²) in [6.07, 6.45) is -0.534. The predicted molar refractivity (Wildman–Crippen MR) is 73.1 cm³/mol. The first-order chi connectivity index (χ1) is 8.61. The number of nitrogens with zero attached hydrogens (tertiary/aromatic N) is 2. The van der Waals surface area contributed by atoms with Crippen LogP contribution >= 0.6 is 31.9 Å². The smallest absolute Gasteiger partial charge is 0.255 e. The molecule has 1 unspecified atom stereocenters. The fourth-order valence-electron chi connectivity index (χ4n) is 1.74. The van der Waals surface area contributed by atoms with E-state index >= 15 is 0 Å². The minimum atomic E-state index is -0.534. The van der Waals surface area contributed by atoms with E-state index in [4.69, 9.17) is 10.00 Å². The summed E-state index contributed by atoms with van der Waals surface area (Å²) in [6.45, 7) is 1.22. The van der Waals surface area contributed by atoms with Gasteiger partial charge in [0.25, 0.3) is 5.91 Å². The van der Waals surface area contributed by atoms with Crippen LogP contribution in [0.15, 0.2) is 27.1 Å². The first-order valence-electron chi connectivity index (χ1n) is 5.37. The van der Waals surface area contributed by atoms with Gasteiger partial charge in [0.05, 0.1) is 24.8 Å². The van der Waals surface area contributed by atoms with Gasteiger partial charge in [-0.15, -0.1) is 0 Å². The standard InChI is InChI=1S/C12H10Br2N2O2/c13-8-1-2-11(14)10(5-8)12(17)16-3-4-18-9(6-15)7-16/h1-2,5,9H,3-4,7H2. The van der Waals surface area contributed by atoms with Crippen molar-refractivity contribution in [2.45, 2.75) is 6.10 Å². The van der Waals surface area contributed by atoms with Crippen molar-refractivity contribution in [3.8, 4) is 6.07 Å². The van der Waals surface area contributed by atoms with Crippen molar-refractivity contribution in [1.82, 2.24) is 4.90 Å². The van der Waals surface area contributed by atoms with Gasteiger partial charge < -0.3 is 9.64 Å². The van der Waals surface area contributed by atoms with Gasteiger partial charge in [-0.3, -0.25) is 4.79 Å². The van der Waals surface area contributed by atoms with Crippen LogP contribution in [0.5, 0.6) is 0 Å². The van der Waals surface area contributed by atoms with Gasteiger partial charge in [0.2, 0.25) is 0 Å². The third-order valence-corrected chi connectivity index (χ3v) is 3.84. The van der Waals surface area contributed by atoms with Crippen molar-refractivity contribution in [2.24, 2.45) is 0 Å². The number of morpholine rings is 1. The molecule has 1 aliphatic heterocycles. The minimum Gasteiger partial charge on any atom is -0.360 e. The van der Waals surface area contributed by atoms with Crippen LogP contribution < -0.4 is 0 Å². The van der Waals surface area contributed by atoms with E-state index in [2.05, 4.69) is 31.9 Å². The largest absolute Gasteiger partial charge is 0.360 e. The molecule has 0 bridgehead atoms. The lowest BCUT2D eigenvalue weighted by Gasteiger charge is -2.30. The molecule has 1 fully saturated rings. The molecule has 1 aromatic carbocycles. The van der Waals surface area contributed by atoms with Crippen LogP contribution in [0.4, 0.5) is 0 Å². The van der Waals surface area contributed by atoms with Crippen LogP contribution in [-0.4, -0.2) is 36.6 Å². The zero-order valence-corrected chi connectivity index (χ0v) is 12.6. The maximum absolute atomic E-state index is 12.3. The lowest BCUT2D eigenvalue weighted by molar-refractivity contribution is 0.00342. The zero-order chi connectivity index (χ0) is 13.1. The second-order valence-electron chi connectivity index (χ2n) is 3.86. The summed E-state index contributed by atoms with van der Waals surface area (Å²) in [4.78, 5) is 14.0. The minimum absolute atomic E-state index is 0.0910. The highest BCUT2D eigenvalue weighted by molar-refractivity contribution is 9.11. The fraction of sp³-hybridized carbons (Fsp3) is 0.333.